The van der Waals surface area contributed by atoms with Gasteiger partial charge in [0.15, 0.2) is 0 Å². The van der Waals surface area contributed by atoms with Crippen LogP contribution >= 0.6 is 0 Å². The van der Waals surface area contributed by atoms with Gasteiger partial charge >= 0.3 is 5.97 Å². The van der Waals surface area contributed by atoms with Crippen molar-refractivity contribution in [1.29, 1.82) is 5.26 Å². The summed E-state index contributed by atoms with van der Waals surface area (Å²) in [7, 11) is -2.33. The van der Waals surface area contributed by atoms with Crippen molar-refractivity contribution in [3.05, 3.63) is 23.8 Å². The fourth-order valence-corrected chi connectivity index (χ4v) is 2.07. The summed E-state index contributed by atoms with van der Waals surface area (Å²) < 4.78 is 22.4. The van der Waals surface area contributed by atoms with Crippen molar-refractivity contribution >= 4 is 21.7 Å². The third kappa shape index (κ3) is 3.67. The first-order valence-corrected chi connectivity index (χ1v) is 6.80. The predicted molar refractivity (Wildman–Crippen MR) is 68.3 cm³/mol. The fourth-order valence-electron chi connectivity index (χ4n) is 1.53. The van der Waals surface area contributed by atoms with Crippen LogP contribution in [0.3, 0.4) is 0 Å². The quantitative estimate of drug-likeness (QED) is 0.805. The second kappa shape index (κ2) is 5.69. The van der Waals surface area contributed by atoms with Gasteiger partial charge in [-0.1, -0.05) is 0 Å². The van der Waals surface area contributed by atoms with Gasteiger partial charge in [0.25, 0.3) is 0 Å². The van der Waals surface area contributed by atoms with E-state index >= 15 is 0 Å². The lowest BCUT2D eigenvalue weighted by Gasteiger charge is -2.20. The summed E-state index contributed by atoms with van der Waals surface area (Å²) in [6, 6.07) is 5.56. The number of primary sulfonamides is 1. The van der Waals surface area contributed by atoms with Crippen LogP contribution < -0.4 is 10.0 Å². The number of rotatable bonds is 5. The number of nitrogens with two attached hydrogens (primary N) is 1. The van der Waals surface area contributed by atoms with Crippen LogP contribution in [0.2, 0.25) is 0 Å². The maximum absolute atomic E-state index is 11.2. The number of hydrogen-bond acceptors (Lipinski definition) is 5. The largest absolute Gasteiger partial charge is 0.478 e. The van der Waals surface area contributed by atoms with Crippen molar-refractivity contribution in [3.63, 3.8) is 0 Å². The number of carboxylic acid groups (broad SMARTS) is 1. The smallest absolute Gasteiger partial charge is 0.337 e. The highest BCUT2D eigenvalue weighted by atomic mass is 32.2. The highest BCUT2D eigenvalue weighted by Gasteiger charge is 2.17. The third-order valence-electron chi connectivity index (χ3n) is 2.50. The van der Waals surface area contributed by atoms with Crippen LogP contribution in [0.4, 0.5) is 5.69 Å². The first-order chi connectivity index (χ1) is 8.77. The van der Waals surface area contributed by atoms with Crippen LogP contribution in [0.15, 0.2) is 23.1 Å². The number of carbonyl (C=O) groups is 1. The van der Waals surface area contributed by atoms with Crippen LogP contribution in [-0.4, -0.2) is 33.1 Å². The van der Waals surface area contributed by atoms with Gasteiger partial charge in [0.2, 0.25) is 10.0 Å². The Morgan fingerprint density at radius 2 is 2.16 bits per heavy atom. The Labute approximate surface area is 110 Å². The lowest BCUT2D eigenvalue weighted by atomic mass is 10.1. The van der Waals surface area contributed by atoms with Gasteiger partial charge in [0.05, 0.1) is 28.6 Å². The number of sulfonamides is 1. The highest BCUT2D eigenvalue weighted by molar-refractivity contribution is 7.89. The molecule has 7 nitrogen and oxygen atoms in total. The number of aromatic carboxylic acids is 1. The first kappa shape index (κ1) is 14.9. The van der Waals surface area contributed by atoms with Crippen molar-refractivity contribution in [2.24, 2.45) is 5.14 Å². The summed E-state index contributed by atoms with van der Waals surface area (Å²) in [5.74, 6) is -1.26. The van der Waals surface area contributed by atoms with Gasteiger partial charge in [-0.2, -0.15) is 5.26 Å². The lowest BCUT2D eigenvalue weighted by molar-refractivity contribution is 0.0697. The van der Waals surface area contributed by atoms with E-state index in [-0.39, 0.29) is 16.9 Å². The molecule has 0 aliphatic carbocycles. The molecule has 0 fully saturated rings. The van der Waals surface area contributed by atoms with E-state index in [1.54, 1.807) is 11.9 Å². The molecule has 0 bridgehead atoms. The molecule has 1 aromatic carbocycles. The molecule has 8 heteroatoms. The van der Waals surface area contributed by atoms with E-state index in [1.165, 1.54) is 12.1 Å². The molecule has 1 rings (SSSR count). The number of anilines is 1. The lowest BCUT2D eigenvalue weighted by Crippen LogP contribution is -2.22. The van der Waals surface area contributed by atoms with E-state index in [0.717, 1.165) is 6.07 Å². The number of nitriles is 1. The topological polar surface area (TPSA) is 124 Å². The van der Waals surface area contributed by atoms with E-state index in [2.05, 4.69) is 0 Å². The molecule has 19 heavy (non-hydrogen) atoms. The van der Waals surface area contributed by atoms with Crippen LogP contribution in [0.1, 0.15) is 16.8 Å². The Hall–Kier alpha value is -2.11. The number of carboxylic acids is 1. The van der Waals surface area contributed by atoms with Crippen LogP contribution in [-0.2, 0) is 10.0 Å². The normalized spacial score (nSPS) is 10.8. The van der Waals surface area contributed by atoms with Crippen molar-refractivity contribution in [2.45, 2.75) is 11.3 Å². The third-order valence-corrected chi connectivity index (χ3v) is 3.41. The number of hydrogen-bond donors (Lipinski definition) is 2. The van der Waals surface area contributed by atoms with Gasteiger partial charge in [-0.25, -0.2) is 18.4 Å². The monoisotopic (exact) mass is 283 g/mol. The highest BCUT2D eigenvalue weighted by Crippen LogP contribution is 2.23. The molecule has 0 aliphatic rings. The van der Waals surface area contributed by atoms with Crippen molar-refractivity contribution in [1.82, 2.24) is 0 Å². The molecule has 0 spiro atoms. The summed E-state index contributed by atoms with van der Waals surface area (Å²) in [6.07, 6.45) is 0.229. The molecule has 1 aromatic rings. The van der Waals surface area contributed by atoms with Crippen LogP contribution in [0, 0.1) is 11.3 Å². The van der Waals surface area contributed by atoms with E-state index in [0.29, 0.717) is 12.2 Å². The van der Waals surface area contributed by atoms with Crippen LogP contribution in [0.25, 0.3) is 0 Å². The molecule has 0 unspecified atom stereocenters. The predicted octanol–water partition coefficient (Wildman–Crippen LogP) is 0.382. The maximum atomic E-state index is 11.2. The zero-order valence-corrected chi connectivity index (χ0v) is 11.0. The Morgan fingerprint density at radius 3 is 2.63 bits per heavy atom. The average Bonchev–Trinajstić information content (AvgIpc) is 2.34. The van der Waals surface area contributed by atoms with Gasteiger partial charge in [-0.05, 0) is 18.2 Å². The number of nitrogens with zero attached hydrogens (tertiary/aromatic N) is 2. The fraction of sp³-hybridized carbons (Fsp3) is 0.273. The molecule has 0 atom stereocenters. The molecular formula is C11H13N3O4S. The molecule has 0 heterocycles. The maximum Gasteiger partial charge on any atom is 0.337 e. The summed E-state index contributed by atoms with van der Waals surface area (Å²) in [4.78, 5) is 12.5. The molecule has 0 aliphatic heterocycles. The molecule has 102 valence electrons. The Balaban J connectivity index is 3.27. The molecule has 0 aromatic heterocycles. The Kier molecular flexibility index (Phi) is 4.47. The van der Waals surface area contributed by atoms with E-state index in [9.17, 15) is 13.2 Å². The standard InChI is InChI=1S/C11H13N3O4S/c1-14(6-2-5-12)10-4-3-8(19(13,17)18)7-9(10)11(15)16/h3-4,7H,2,6H2,1H3,(H,15,16)(H2,13,17,18). The van der Waals surface area contributed by atoms with Gasteiger partial charge in [0.1, 0.15) is 0 Å². The second-order valence-corrected chi connectivity index (χ2v) is 5.42. The second-order valence-electron chi connectivity index (χ2n) is 3.86. The zero-order chi connectivity index (χ0) is 14.6. The van der Waals surface area contributed by atoms with Gasteiger partial charge in [0, 0.05) is 13.6 Å². The van der Waals surface area contributed by atoms with Gasteiger partial charge < -0.3 is 10.0 Å². The summed E-state index contributed by atoms with van der Waals surface area (Å²) >= 11 is 0. The van der Waals surface area contributed by atoms with Crippen molar-refractivity contribution in [3.8, 4) is 6.07 Å². The van der Waals surface area contributed by atoms with E-state index in [1.807, 2.05) is 6.07 Å². The van der Waals surface area contributed by atoms with Crippen molar-refractivity contribution in [2.75, 3.05) is 18.5 Å². The summed E-state index contributed by atoms with van der Waals surface area (Å²) in [5, 5.41) is 22.6. The summed E-state index contributed by atoms with van der Waals surface area (Å²) in [6.45, 7) is 0.339. The average molecular weight is 283 g/mol. The van der Waals surface area contributed by atoms with E-state index < -0.39 is 16.0 Å². The minimum absolute atomic E-state index is 0.174. The van der Waals surface area contributed by atoms with Gasteiger partial charge in [-0.3, -0.25) is 0 Å². The molecule has 0 saturated carbocycles. The summed E-state index contributed by atoms with van der Waals surface area (Å²) in [5.41, 5.74) is 0.155. The molecule has 3 N–H and O–H groups in total. The van der Waals surface area contributed by atoms with Crippen molar-refractivity contribution < 1.29 is 18.3 Å². The Morgan fingerprint density at radius 1 is 1.53 bits per heavy atom. The molecule has 0 amide bonds. The zero-order valence-electron chi connectivity index (χ0n) is 10.2. The number of benzene rings is 1. The van der Waals surface area contributed by atoms with E-state index in [4.69, 9.17) is 15.5 Å². The SMILES string of the molecule is CN(CCC#N)c1ccc(S(N)(=O)=O)cc1C(=O)O. The first-order valence-electron chi connectivity index (χ1n) is 5.25. The minimum Gasteiger partial charge on any atom is -0.478 e. The molecule has 0 radical (unpaired) electrons. The molecular weight excluding hydrogens is 270 g/mol. The van der Waals surface area contributed by atoms with Gasteiger partial charge in [-0.15, -0.1) is 0 Å². The molecule has 0 saturated heterocycles. The minimum atomic E-state index is -3.95. The van der Waals surface area contributed by atoms with Crippen LogP contribution in [0.5, 0.6) is 0 Å². The Bertz CT molecular complexity index is 634.